The van der Waals surface area contributed by atoms with Gasteiger partial charge in [0.2, 0.25) is 0 Å². The molecule has 0 spiro atoms. The lowest BCUT2D eigenvalue weighted by Crippen LogP contribution is -1.89. The van der Waals surface area contributed by atoms with Crippen molar-refractivity contribution in [3.05, 3.63) is 58.7 Å². The van der Waals surface area contributed by atoms with Gasteiger partial charge in [-0.1, -0.05) is 37.1 Å². The molecule has 0 saturated carbocycles. The molecule has 22 heavy (non-hydrogen) atoms. The Morgan fingerprint density at radius 2 is 1.86 bits per heavy atom. The van der Waals surface area contributed by atoms with E-state index in [0.29, 0.717) is 0 Å². The second-order valence-corrected chi connectivity index (χ2v) is 6.13. The van der Waals surface area contributed by atoms with E-state index in [4.69, 9.17) is 16.6 Å². The quantitative estimate of drug-likeness (QED) is 0.537. The second kappa shape index (κ2) is 7.86. The van der Waals surface area contributed by atoms with Crippen LogP contribution in [0.25, 0.3) is 21.8 Å². The van der Waals surface area contributed by atoms with Gasteiger partial charge in [0, 0.05) is 33.4 Å². The van der Waals surface area contributed by atoms with Crippen LogP contribution in [0.15, 0.2) is 48.0 Å². The van der Waals surface area contributed by atoms with Gasteiger partial charge in [-0.3, -0.25) is 4.98 Å². The van der Waals surface area contributed by atoms with Crippen LogP contribution in [0.1, 0.15) is 19.0 Å². The number of halogens is 2. The number of aryl methyl sites for hydroxylation is 1. The molecule has 0 atom stereocenters. The first-order valence-electron chi connectivity index (χ1n) is 6.93. The summed E-state index contributed by atoms with van der Waals surface area (Å²) in [5, 5.41) is 3.85. The third-order valence-corrected chi connectivity index (χ3v) is 4.36. The fourth-order valence-corrected chi connectivity index (χ4v) is 3.12. The maximum Gasteiger partial charge on any atom is 0.124 e. The van der Waals surface area contributed by atoms with Crippen LogP contribution in [0, 0.1) is 0 Å². The van der Waals surface area contributed by atoms with E-state index in [1.54, 1.807) is 11.3 Å². The highest BCUT2D eigenvalue weighted by atomic mass is 79.9. The molecule has 0 amide bonds. The molecule has 5 heteroatoms. The van der Waals surface area contributed by atoms with Crippen molar-refractivity contribution < 1.29 is 0 Å². The van der Waals surface area contributed by atoms with E-state index in [2.05, 4.69) is 23.4 Å². The lowest BCUT2D eigenvalue weighted by molar-refractivity contribution is 0.883. The summed E-state index contributed by atoms with van der Waals surface area (Å²) in [5.41, 5.74) is 4.34. The van der Waals surface area contributed by atoms with Crippen LogP contribution >= 0.6 is 39.9 Å². The van der Waals surface area contributed by atoms with Crippen molar-refractivity contribution in [1.82, 2.24) is 9.97 Å². The number of nitrogens with zero attached hydrogens (tertiary/aromatic N) is 2. The van der Waals surface area contributed by atoms with Gasteiger partial charge in [-0.2, -0.15) is 0 Å². The molecule has 0 N–H and O–H groups in total. The van der Waals surface area contributed by atoms with Crippen molar-refractivity contribution in [1.29, 1.82) is 0 Å². The zero-order valence-corrected chi connectivity index (χ0v) is 15.4. The molecule has 0 aliphatic heterocycles. The van der Waals surface area contributed by atoms with Crippen molar-refractivity contribution in [3.8, 4) is 21.8 Å². The van der Waals surface area contributed by atoms with E-state index in [0.717, 1.165) is 45.4 Å². The molecule has 2 nitrogen and oxygen atoms in total. The Hall–Kier alpha value is -1.23. The molecule has 2 aromatic heterocycles. The molecular weight excluding hydrogens is 380 g/mol. The van der Waals surface area contributed by atoms with Crippen molar-refractivity contribution in [2.24, 2.45) is 0 Å². The van der Waals surface area contributed by atoms with Crippen molar-refractivity contribution in [3.63, 3.8) is 0 Å². The summed E-state index contributed by atoms with van der Waals surface area (Å²) in [7, 11) is 0. The van der Waals surface area contributed by atoms with Gasteiger partial charge < -0.3 is 0 Å². The summed E-state index contributed by atoms with van der Waals surface area (Å²) in [6.07, 6.45) is 3.97. The van der Waals surface area contributed by atoms with Crippen LogP contribution in [0.3, 0.4) is 0 Å². The maximum atomic E-state index is 5.92. The summed E-state index contributed by atoms with van der Waals surface area (Å²) in [5.74, 6) is 0. The van der Waals surface area contributed by atoms with Crippen molar-refractivity contribution in [2.75, 3.05) is 0 Å². The molecule has 0 saturated heterocycles. The number of rotatable bonds is 4. The molecule has 0 aliphatic rings. The van der Waals surface area contributed by atoms with Gasteiger partial charge in [-0.15, -0.1) is 28.3 Å². The standard InChI is InChI=1S/C17H15ClN2S.BrH/c1-2-3-15-10-13(8-9-19-15)17-20-16(11-21-17)12-4-6-14(18)7-5-12;/h4-11H,2-3H2,1H3;1H. The van der Waals surface area contributed by atoms with E-state index >= 15 is 0 Å². The van der Waals surface area contributed by atoms with Gasteiger partial charge in [0.15, 0.2) is 0 Å². The normalized spacial score (nSPS) is 10.3. The number of benzene rings is 1. The summed E-state index contributed by atoms with van der Waals surface area (Å²) in [6.45, 7) is 2.16. The highest BCUT2D eigenvalue weighted by molar-refractivity contribution is 8.93. The first-order chi connectivity index (χ1) is 10.3. The molecule has 2 heterocycles. The summed E-state index contributed by atoms with van der Waals surface area (Å²) >= 11 is 7.58. The van der Waals surface area contributed by atoms with Crippen LogP contribution in [0.2, 0.25) is 5.02 Å². The summed E-state index contributed by atoms with van der Waals surface area (Å²) < 4.78 is 0. The van der Waals surface area contributed by atoms with E-state index in [9.17, 15) is 0 Å². The van der Waals surface area contributed by atoms with Gasteiger partial charge in [-0.05, 0) is 30.7 Å². The molecule has 0 radical (unpaired) electrons. The highest BCUT2D eigenvalue weighted by Gasteiger charge is 2.07. The number of hydrogen-bond acceptors (Lipinski definition) is 3. The Morgan fingerprint density at radius 3 is 2.59 bits per heavy atom. The third kappa shape index (κ3) is 3.94. The molecule has 114 valence electrons. The smallest absolute Gasteiger partial charge is 0.124 e. The van der Waals surface area contributed by atoms with Crippen molar-refractivity contribution >= 4 is 39.9 Å². The number of hydrogen-bond donors (Lipinski definition) is 0. The van der Waals surface area contributed by atoms with Crippen molar-refractivity contribution in [2.45, 2.75) is 19.8 Å². The largest absolute Gasteiger partial charge is 0.261 e. The van der Waals surface area contributed by atoms with E-state index in [1.807, 2.05) is 36.5 Å². The second-order valence-electron chi connectivity index (χ2n) is 4.83. The van der Waals surface area contributed by atoms with Crippen LogP contribution in [0.4, 0.5) is 0 Å². The van der Waals surface area contributed by atoms with Gasteiger partial charge in [0.05, 0.1) is 5.69 Å². The van der Waals surface area contributed by atoms with Crippen LogP contribution in [-0.4, -0.2) is 9.97 Å². The van der Waals surface area contributed by atoms with Gasteiger partial charge in [0.1, 0.15) is 5.01 Å². The predicted octanol–water partition coefficient (Wildman–Crippen LogP) is 6.06. The minimum absolute atomic E-state index is 0. The van der Waals surface area contributed by atoms with Gasteiger partial charge >= 0.3 is 0 Å². The highest BCUT2D eigenvalue weighted by Crippen LogP contribution is 2.29. The Kier molecular flexibility index (Phi) is 6.12. The number of thiazole rings is 1. The lowest BCUT2D eigenvalue weighted by Gasteiger charge is -2.01. The average molecular weight is 396 g/mol. The molecule has 3 aromatic rings. The minimum atomic E-state index is 0. The Balaban J connectivity index is 0.00000176. The van der Waals surface area contributed by atoms with Crippen LogP contribution in [-0.2, 0) is 6.42 Å². The van der Waals surface area contributed by atoms with Gasteiger partial charge in [-0.25, -0.2) is 4.98 Å². The third-order valence-electron chi connectivity index (χ3n) is 3.21. The molecule has 0 unspecified atom stereocenters. The fourth-order valence-electron chi connectivity index (χ4n) is 2.16. The molecular formula is C17H16BrClN2S. The number of aromatic nitrogens is 2. The Morgan fingerprint density at radius 1 is 1.09 bits per heavy atom. The van der Waals surface area contributed by atoms with Crippen LogP contribution in [0.5, 0.6) is 0 Å². The minimum Gasteiger partial charge on any atom is -0.261 e. The molecule has 0 aliphatic carbocycles. The van der Waals surface area contributed by atoms with Gasteiger partial charge in [0.25, 0.3) is 0 Å². The molecule has 0 fully saturated rings. The average Bonchev–Trinajstić information content (AvgIpc) is 2.98. The first kappa shape index (κ1) is 17.1. The maximum absolute atomic E-state index is 5.92. The molecule has 3 rings (SSSR count). The Labute approximate surface area is 150 Å². The zero-order valence-electron chi connectivity index (χ0n) is 12.1. The first-order valence-corrected chi connectivity index (χ1v) is 8.19. The molecule has 1 aromatic carbocycles. The lowest BCUT2D eigenvalue weighted by atomic mass is 10.1. The monoisotopic (exact) mass is 394 g/mol. The van der Waals surface area contributed by atoms with E-state index in [1.165, 1.54) is 0 Å². The molecule has 0 bridgehead atoms. The zero-order chi connectivity index (χ0) is 14.7. The number of pyridine rings is 1. The predicted molar refractivity (Wildman–Crippen MR) is 100 cm³/mol. The van der Waals surface area contributed by atoms with E-state index < -0.39 is 0 Å². The fraction of sp³-hybridized carbons (Fsp3) is 0.176. The van der Waals surface area contributed by atoms with Crippen LogP contribution < -0.4 is 0 Å². The summed E-state index contributed by atoms with van der Waals surface area (Å²) in [6, 6.07) is 11.9. The summed E-state index contributed by atoms with van der Waals surface area (Å²) in [4.78, 5) is 9.12. The Bertz CT molecular complexity index is 740. The topological polar surface area (TPSA) is 25.8 Å². The SMILES string of the molecule is Br.CCCc1cc(-c2nc(-c3ccc(Cl)cc3)cs2)ccn1. The van der Waals surface area contributed by atoms with E-state index in [-0.39, 0.29) is 17.0 Å².